The van der Waals surface area contributed by atoms with E-state index in [2.05, 4.69) is 10.3 Å². The van der Waals surface area contributed by atoms with E-state index in [9.17, 15) is 14.7 Å². The van der Waals surface area contributed by atoms with Crippen molar-refractivity contribution < 1.29 is 19.4 Å². The molecule has 2 saturated heterocycles. The zero-order valence-corrected chi connectivity index (χ0v) is 12.2. The maximum Gasteiger partial charge on any atom is 0.307 e. The van der Waals surface area contributed by atoms with Gasteiger partial charge in [0.15, 0.2) is 17.6 Å². The molecule has 21 heavy (non-hydrogen) atoms. The lowest BCUT2D eigenvalue weighted by Gasteiger charge is -2.42. The number of amides is 1. The van der Waals surface area contributed by atoms with Crippen LogP contribution >= 0.6 is 0 Å². The minimum absolute atomic E-state index is 0.0763. The van der Waals surface area contributed by atoms with Gasteiger partial charge in [-0.15, -0.1) is 0 Å². The zero-order chi connectivity index (χ0) is 15.4. The van der Waals surface area contributed by atoms with Gasteiger partial charge in [0, 0.05) is 25.9 Å². The molecule has 2 aliphatic heterocycles. The standard InChI is InChI=1S/C13H18N4O4/c1-12(2)17-11(20)15-10(19)13(17,5-4-8(18)21-12)9-14-6-7-16(9)3/h6-7,11,20H,4-5H2,1-3H3,(H,15,19). The maximum atomic E-state index is 12.6. The summed E-state index contributed by atoms with van der Waals surface area (Å²) in [6, 6.07) is 0. The summed E-state index contributed by atoms with van der Waals surface area (Å²) < 4.78 is 7.11. The van der Waals surface area contributed by atoms with Gasteiger partial charge in [0.2, 0.25) is 0 Å². The highest BCUT2D eigenvalue weighted by Crippen LogP contribution is 2.44. The second-order valence-electron chi connectivity index (χ2n) is 5.86. The summed E-state index contributed by atoms with van der Waals surface area (Å²) >= 11 is 0. The van der Waals surface area contributed by atoms with Gasteiger partial charge in [-0.05, 0) is 20.3 Å². The molecule has 2 atom stereocenters. The fourth-order valence-electron chi connectivity index (χ4n) is 3.35. The third-order valence-electron chi connectivity index (χ3n) is 4.12. The van der Waals surface area contributed by atoms with Crippen LogP contribution in [0.2, 0.25) is 0 Å². The van der Waals surface area contributed by atoms with Crippen LogP contribution in [0.25, 0.3) is 0 Å². The smallest absolute Gasteiger partial charge is 0.307 e. The van der Waals surface area contributed by atoms with Gasteiger partial charge >= 0.3 is 5.97 Å². The van der Waals surface area contributed by atoms with Gasteiger partial charge in [-0.25, -0.2) is 9.88 Å². The molecule has 0 aromatic carbocycles. The highest BCUT2D eigenvalue weighted by Gasteiger charge is 2.63. The van der Waals surface area contributed by atoms with Gasteiger partial charge in [0.1, 0.15) is 5.82 Å². The second-order valence-corrected chi connectivity index (χ2v) is 5.86. The number of fused-ring (bicyclic) bond motifs is 1. The fourth-order valence-corrected chi connectivity index (χ4v) is 3.35. The Bertz CT molecular complexity index is 611. The molecule has 2 N–H and O–H groups in total. The number of carbonyl (C=O) groups excluding carboxylic acids is 2. The van der Waals surface area contributed by atoms with Gasteiger partial charge < -0.3 is 19.7 Å². The van der Waals surface area contributed by atoms with Crippen LogP contribution in [0.5, 0.6) is 0 Å². The highest BCUT2D eigenvalue weighted by atomic mass is 16.6. The lowest BCUT2D eigenvalue weighted by molar-refractivity contribution is -0.205. The third-order valence-corrected chi connectivity index (χ3v) is 4.12. The number of hydrogen-bond acceptors (Lipinski definition) is 6. The second kappa shape index (κ2) is 4.28. The van der Waals surface area contributed by atoms with Crippen LogP contribution < -0.4 is 5.32 Å². The molecule has 1 aromatic rings. The average molecular weight is 294 g/mol. The summed E-state index contributed by atoms with van der Waals surface area (Å²) in [6.07, 6.45) is 2.34. The Morgan fingerprint density at radius 3 is 2.81 bits per heavy atom. The number of aliphatic hydroxyl groups is 1. The van der Waals surface area contributed by atoms with Gasteiger partial charge in [-0.1, -0.05) is 0 Å². The van der Waals surface area contributed by atoms with Gasteiger partial charge in [0.05, 0.1) is 0 Å². The predicted molar refractivity (Wildman–Crippen MR) is 70.3 cm³/mol. The lowest BCUT2D eigenvalue weighted by atomic mass is 9.89. The Morgan fingerprint density at radius 2 is 2.19 bits per heavy atom. The number of esters is 1. The molecule has 3 heterocycles. The summed E-state index contributed by atoms with van der Waals surface area (Å²) in [6.45, 7) is 3.30. The minimum atomic E-state index is -1.24. The van der Waals surface area contributed by atoms with Gasteiger partial charge in [0.25, 0.3) is 5.91 Å². The SMILES string of the molecule is Cn1ccnc1C12CCC(=O)OC(C)(C)N1C(O)NC2=O. The van der Waals surface area contributed by atoms with Crippen LogP contribution in [0.4, 0.5) is 0 Å². The molecule has 3 rings (SSSR count). The van der Waals surface area contributed by atoms with Crippen molar-refractivity contribution in [2.24, 2.45) is 7.05 Å². The molecule has 2 aliphatic rings. The van der Waals surface area contributed by atoms with Crippen molar-refractivity contribution in [2.75, 3.05) is 0 Å². The number of hydrogen-bond donors (Lipinski definition) is 2. The maximum absolute atomic E-state index is 12.6. The van der Waals surface area contributed by atoms with E-state index in [4.69, 9.17) is 4.74 Å². The first-order chi connectivity index (χ1) is 9.79. The number of imidazole rings is 1. The third kappa shape index (κ3) is 1.79. The first-order valence-corrected chi connectivity index (χ1v) is 6.77. The van der Waals surface area contributed by atoms with Crippen molar-refractivity contribution in [3.63, 3.8) is 0 Å². The first kappa shape index (κ1) is 14.0. The number of cyclic esters (lactones) is 1. The molecular formula is C13H18N4O4. The lowest BCUT2D eigenvalue weighted by Crippen LogP contribution is -2.58. The number of carbonyl (C=O) groups is 2. The van der Waals surface area contributed by atoms with Crippen LogP contribution in [-0.4, -0.2) is 43.5 Å². The van der Waals surface area contributed by atoms with Crippen LogP contribution in [0.1, 0.15) is 32.5 Å². The Balaban J connectivity index is 2.23. The van der Waals surface area contributed by atoms with E-state index in [0.29, 0.717) is 5.82 Å². The largest absolute Gasteiger partial charge is 0.444 e. The molecule has 0 aliphatic carbocycles. The number of nitrogens with zero attached hydrogens (tertiary/aromatic N) is 3. The van der Waals surface area contributed by atoms with Crippen molar-refractivity contribution in [1.29, 1.82) is 0 Å². The molecule has 0 spiro atoms. The topological polar surface area (TPSA) is 96.7 Å². The summed E-state index contributed by atoms with van der Waals surface area (Å²) in [5.41, 5.74) is -2.37. The van der Waals surface area contributed by atoms with E-state index >= 15 is 0 Å². The Hall–Kier alpha value is -1.93. The number of rotatable bonds is 1. The molecule has 0 radical (unpaired) electrons. The van der Waals surface area contributed by atoms with E-state index in [-0.39, 0.29) is 18.7 Å². The van der Waals surface area contributed by atoms with E-state index in [1.165, 1.54) is 4.90 Å². The van der Waals surface area contributed by atoms with Crippen LogP contribution in [0, 0.1) is 0 Å². The molecule has 8 nitrogen and oxygen atoms in total. The van der Waals surface area contributed by atoms with Crippen LogP contribution in [0.15, 0.2) is 12.4 Å². The van der Waals surface area contributed by atoms with E-state index in [0.717, 1.165) is 0 Å². The summed E-state index contributed by atoms with van der Waals surface area (Å²) in [5.74, 6) is -0.304. The van der Waals surface area contributed by atoms with Crippen molar-refractivity contribution >= 4 is 11.9 Å². The number of aliphatic hydroxyl groups excluding tert-OH is 1. The summed E-state index contributed by atoms with van der Waals surface area (Å²) in [4.78, 5) is 30.2. The fraction of sp³-hybridized carbons (Fsp3) is 0.615. The van der Waals surface area contributed by atoms with E-state index in [1.807, 2.05) is 0 Å². The molecule has 8 heteroatoms. The predicted octanol–water partition coefficient (Wildman–Crippen LogP) is -0.604. The average Bonchev–Trinajstić information content (AvgIpc) is 2.85. The first-order valence-electron chi connectivity index (χ1n) is 6.77. The molecule has 1 amide bonds. The summed E-state index contributed by atoms with van der Waals surface area (Å²) in [5, 5.41) is 12.8. The number of aromatic nitrogens is 2. The highest BCUT2D eigenvalue weighted by molar-refractivity contribution is 5.90. The van der Waals surface area contributed by atoms with E-state index < -0.39 is 23.6 Å². The number of nitrogens with one attached hydrogen (secondary N) is 1. The molecule has 0 bridgehead atoms. The molecule has 114 valence electrons. The zero-order valence-electron chi connectivity index (χ0n) is 12.2. The quantitative estimate of drug-likeness (QED) is 0.671. The molecule has 2 unspecified atom stereocenters. The van der Waals surface area contributed by atoms with Crippen molar-refractivity contribution in [3.8, 4) is 0 Å². The number of ether oxygens (including phenoxy) is 1. The monoisotopic (exact) mass is 294 g/mol. The van der Waals surface area contributed by atoms with Crippen molar-refractivity contribution in [2.45, 2.75) is 44.3 Å². The van der Waals surface area contributed by atoms with Gasteiger partial charge in [-0.2, -0.15) is 0 Å². The Kier molecular flexibility index (Phi) is 2.86. The molecule has 0 saturated carbocycles. The molecule has 2 fully saturated rings. The number of aryl methyl sites for hydroxylation is 1. The molecular weight excluding hydrogens is 276 g/mol. The minimum Gasteiger partial charge on any atom is -0.444 e. The molecule has 1 aromatic heterocycles. The Morgan fingerprint density at radius 1 is 1.48 bits per heavy atom. The van der Waals surface area contributed by atoms with Crippen molar-refractivity contribution in [1.82, 2.24) is 19.8 Å². The normalized spacial score (nSPS) is 32.3. The van der Waals surface area contributed by atoms with Crippen molar-refractivity contribution in [3.05, 3.63) is 18.2 Å². The Labute approximate surface area is 121 Å². The van der Waals surface area contributed by atoms with Crippen LogP contribution in [0.3, 0.4) is 0 Å². The summed E-state index contributed by atoms with van der Waals surface area (Å²) in [7, 11) is 1.77. The van der Waals surface area contributed by atoms with Crippen LogP contribution in [-0.2, 0) is 26.9 Å². The van der Waals surface area contributed by atoms with Gasteiger partial charge in [-0.3, -0.25) is 9.59 Å². The van der Waals surface area contributed by atoms with E-state index in [1.54, 1.807) is 37.9 Å².